The summed E-state index contributed by atoms with van der Waals surface area (Å²) in [5, 5.41) is 8.98. The molecule has 1 heterocycles. The van der Waals surface area contributed by atoms with Crippen LogP contribution < -0.4 is 14.2 Å². The molecule has 0 saturated carbocycles. The number of halogens is 2. The number of carboxylic acids is 1. The summed E-state index contributed by atoms with van der Waals surface area (Å²) in [7, 11) is 0. The van der Waals surface area contributed by atoms with E-state index in [1.165, 1.54) is 6.07 Å². The molecule has 1 unspecified atom stereocenters. The molecule has 0 spiro atoms. The lowest BCUT2D eigenvalue weighted by atomic mass is 9.98. The van der Waals surface area contributed by atoms with Gasteiger partial charge >= 0.3 is 12.3 Å². The van der Waals surface area contributed by atoms with Crippen LogP contribution in [0.4, 0.5) is 8.78 Å². The number of carboxylic acid groups (broad SMARTS) is 1. The van der Waals surface area contributed by atoms with Crippen molar-refractivity contribution in [1.29, 1.82) is 0 Å². The number of rotatable bonds is 5. The molecule has 0 radical (unpaired) electrons. The van der Waals surface area contributed by atoms with Crippen molar-refractivity contribution in [2.24, 2.45) is 0 Å². The largest absolute Gasteiger partial charge is 0.586 e. The van der Waals surface area contributed by atoms with Gasteiger partial charge in [-0.05, 0) is 48.1 Å². The summed E-state index contributed by atoms with van der Waals surface area (Å²) in [4.78, 5) is 10.9. The molecule has 1 atom stereocenters. The number of carbonyl (C=O) groups is 1. The Morgan fingerprint density at radius 1 is 1.27 bits per heavy atom. The Hall–Kier alpha value is -2.83. The Balaban J connectivity index is 1.48. The smallest absolute Gasteiger partial charge is 0.489 e. The van der Waals surface area contributed by atoms with Gasteiger partial charge in [-0.1, -0.05) is 18.2 Å². The minimum atomic E-state index is -3.66. The molecule has 136 valence electrons. The van der Waals surface area contributed by atoms with Crippen molar-refractivity contribution >= 4 is 5.97 Å². The highest BCUT2D eigenvalue weighted by Gasteiger charge is 2.44. The second-order valence-corrected chi connectivity index (χ2v) is 6.39. The highest BCUT2D eigenvalue weighted by molar-refractivity contribution is 5.68. The first kappa shape index (κ1) is 16.6. The van der Waals surface area contributed by atoms with Gasteiger partial charge < -0.3 is 19.3 Å². The lowest BCUT2D eigenvalue weighted by Crippen LogP contribution is -2.26. The van der Waals surface area contributed by atoms with E-state index in [9.17, 15) is 13.6 Å². The monoisotopic (exact) mass is 362 g/mol. The molecular formula is C19H16F2O5. The van der Waals surface area contributed by atoms with Gasteiger partial charge in [-0.15, -0.1) is 8.78 Å². The third-order valence-corrected chi connectivity index (χ3v) is 4.64. The van der Waals surface area contributed by atoms with Gasteiger partial charge in [-0.2, -0.15) is 0 Å². The molecule has 0 saturated heterocycles. The van der Waals surface area contributed by atoms with Gasteiger partial charge in [0, 0.05) is 5.56 Å². The topological polar surface area (TPSA) is 65.0 Å². The summed E-state index contributed by atoms with van der Waals surface area (Å²) in [6, 6.07) is 10.2. The molecule has 0 aromatic heterocycles. The fourth-order valence-electron chi connectivity index (χ4n) is 3.49. The van der Waals surface area contributed by atoms with Crippen LogP contribution in [0.25, 0.3) is 0 Å². The Kier molecular flexibility index (Phi) is 3.94. The number of para-hydroxylation sites is 1. The van der Waals surface area contributed by atoms with Crippen LogP contribution in [0.2, 0.25) is 0 Å². The first-order valence-corrected chi connectivity index (χ1v) is 8.26. The van der Waals surface area contributed by atoms with Crippen LogP contribution >= 0.6 is 0 Å². The zero-order valence-corrected chi connectivity index (χ0v) is 13.7. The number of alkyl halides is 2. The van der Waals surface area contributed by atoms with Gasteiger partial charge in [0.2, 0.25) is 0 Å². The van der Waals surface area contributed by atoms with E-state index >= 15 is 0 Å². The number of hydrogen-bond acceptors (Lipinski definition) is 4. The van der Waals surface area contributed by atoms with Crippen LogP contribution in [0.5, 0.6) is 17.2 Å². The molecule has 2 aromatic rings. The number of fused-ring (bicyclic) bond motifs is 2. The molecule has 1 aliphatic heterocycles. The van der Waals surface area contributed by atoms with Crippen molar-refractivity contribution in [3.63, 3.8) is 0 Å². The summed E-state index contributed by atoms with van der Waals surface area (Å²) in [6.45, 7) is 0.0555. The summed E-state index contributed by atoms with van der Waals surface area (Å²) < 4.78 is 41.2. The number of hydrogen-bond donors (Lipinski definition) is 1. The summed E-state index contributed by atoms with van der Waals surface area (Å²) >= 11 is 0. The van der Waals surface area contributed by atoms with Crippen LogP contribution in [0.1, 0.15) is 35.4 Å². The fraction of sp³-hybridized carbons (Fsp3) is 0.316. The van der Waals surface area contributed by atoms with Gasteiger partial charge in [0.15, 0.2) is 11.5 Å². The number of aryl methyl sites for hydroxylation is 1. The summed E-state index contributed by atoms with van der Waals surface area (Å²) in [6.07, 6.45) is -1.94. The summed E-state index contributed by atoms with van der Waals surface area (Å²) in [5.74, 6) is -0.202. The van der Waals surface area contributed by atoms with Crippen molar-refractivity contribution in [3.8, 4) is 17.2 Å². The maximum absolute atomic E-state index is 13.2. The third-order valence-electron chi connectivity index (χ3n) is 4.64. The van der Waals surface area contributed by atoms with E-state index in [4.69, 9.17) is 9.84 Å². The maximum atomic E-state index is 13.2. The lowest BCUT2D eigenvalue weighted by molar-refractivity contribution is -0.287. The zero-order chi connectivity index (χ0) is 18.3. The molecule has 2 aliphatic rings. The number of benzene rings is 2. The standard InChI is InChI=1S/C19H16F2O5/c20-19(21)25-16-3-1-2-13(18(16)26-19)10-24-14-6-7-15-11(8-14)4-5-12(15)9-17(22)23/h1-3,6-8,12H,4-5,9-10H2,(H,22,23). The SMILES string of the molecule is O=C(O)CC1CCc2cc(OCc3cccc4c3OC(F)(F)O4)ccc21. The molecule has 5 nitrogen and oxygen atoms in total. The Labute approximate surface area is 148 Å². The van der Waals surface area contributed by atoms with E-state index in [1.54, 1.807) is 18.2 Å². The molecule has 0 fully saturated rings. The average molecular weight is 362 g/mol. The van der Waals surface area contributed by atoms with Gasteiger partial charge in [0.1, 0.15) is 12.4 Å². The van der Waals surface area contributed by atoms with Crippen LogP contribution in [0.3, 0.4) is 0 Å². The fourth-order valence-corrected chi connectivity index (χ4v) is 3.49. The molecule has 0 amide bonds. The molecule has 1 aliphatic carbocycles. The quantitative estimate of drug-likeness (QED) is 0.868. The van der Waals surface area contributed by atoms with Gasteiger partial charge in [-0.3, -0.25) is 4.79 Å². The summed E-state index contributed by atoms with van der Waals surface area (Å²) in [5.41, 5.74) is 2.57. The van der Waals surface area contributed by atoms with E-state index in [0.717, 1.165) is 24.0 Å². The lowest BCUT2D eigenvalue weighted by Gasteiger charge is -2.12. The first-order valence-electron chi connectivity index (χ1n) is 8.26. The van der Waals surface area contributed by atoms with Crippen LogP contribution in [0.15, 0.2) is 36.4 Å². The van der Waals surface area contributed by atoms with Gasteiger partial charge in [0.05, 0.1) is 6.42 Å². The van der Waals surface area contributed by atoms with E-state index in [-0.39, 0.29) is 30.4 Å². The minimum Gasteiger partial charge on any atom is -0.489 e. The van der Waals surface area contributed by atoms with E-state index in [0.29, 0.717) is 11.3 Å². The van der Waals surface area contributed by atoms with Crippen molar-refractivity contribution < 1.29 is 32.9 Å². The maximum Gasteiger partial charge on any atom is 0.586 e. The van der Waals surface area contributed by atoms with Gasteiger partial charge in [0.25, 0.3) is 0 Å². The normalized spacial score (nSPS) is 19.2. The number of aliphatic carboxylic acids is 1. The predicted molar refractivity (Wildman–Crippen MR) is 86.7 cm³/mol. The van der Waals surface area contributed by atoms with E-state index in [2.05, 4.69) is 9.47 Å². The number of ether oxygens (including phenoxy) is 3. The van der Waals surface area contributed by atoms with Crippen molar-refractivity contribution in [2.75, 3.05) is 0 Å². The highest BCUT2D eigenvalue weighted by atomic mass is 19.3. The molecule has 4 rings (SSSR count). The van der Waals surface area contributed by atoms with Crippen molar-refractivity contribution in [1.82, 2.24) is 0 Å². The average Bonchev–Trinajstić information content (AvgIpc) is 3.11. The third kappa shape index (κ3) is 3.16. The molecule has 0 bridgehead atoms. The molecule has 2 aromatic carbocycles. The van der Waals surface area contributed by atoms with Crippen molar-refractivity contribution in [2.45, 2.75) is 38.1 Å². The second-order valence-electron chi connectivity index (χ2n) is 6.39. The minimum absolute atomic E-state index is 0.0124. The van der Waals surface area contributed by atoms with Gasteiger partial charge in [-0.25, -0.2) is 0 Å². The van der Waals surface area contributed by atoms with Crippen LogP contribution in [-0.4, -0.2) is 17.4 Å². The predicted octanol–water partition coefficient (Wildman–Crippen LogP) is 4.09. The van der Waals surface area contributed by atoms with E-state index < -0.39 is 12.3 Å². The molecule has 1 N–H and O–H groups in total. The second kappa shape index (κ2) is 6.16. The van der Waals surface area contributed by atoms with Crippen molar-refractivity contribution in [3.05, 3.63) is 53.1 Å². The molecule has 7 heteroatoms. The highest BCUT2D eigenvalue weighted by Crippen LogP contribution is 2.43. The zero-order valence-electron chi connectivity index (χ0n) is 13.7. The Morgan fingerprint density at radius 3 is 2.92 bits per heavy atom. The van der Waals surface area contributed by atoms with Crippen LogP contribution in [-0.2, 0) is 17.8 Å². The molecular weight excluding hydrogens is 346 g/mol. The molecule has 26 heavy (non-hydrogen) atoms. The van der Waals surface area contributed by atoms with E-state index in [1.807, 2.05) is 12.1 Å². The first-order chi connectivity index (χ1) is 12.4. The van der Waals surface area contributed by atoms with Crippen LogP contribution in [0, 0.1) is 0 Å². The Morgan fingerprint density at radius 2 is 2.12 bits per heavy atom. The Bertz CT molecular complexity index is 865.